The normalized spacial score (nSPS) is 17.5. The van der Waals surface area contributed by atoms with Gasteiger partial charge >= 0.3 is 6.01 Å². The third kappa shape index (κ3) is 5.47. The van der Waals surface area contributed by atoms with Gasteiger partial charge in [0.15, 0.2) is 5.82 Å². The van der Waals surface area contributed by atoms with Gasteiger partial charge < -0.3 is 24.0 Å². The molecular formula is C26H34N6O3. The minimum atomic E-state index is -0.00138. The van der Waals surface area contributed by atoms with E-state index in [-0.39, 0.29) is 5.41 Å². The minimum absolute atomic E-state index is 0.00138. The van der Waals surface area contributed by atoms with Crippen LogP contribution in [0.3, 0.4) is 0 Å². The number of hydrogen-bond acceptors (Lipinski definition) is 8. The lowest BCUT2D eigenvalue weighted by atomic mass is 9.90. The molecule has 0 radical (unpaired) electrons. The van der Waals surface area contributed by atoms with Crippen LogP contribution in [0.5, 0.6) is 6.01 Å². The summed E-state index contributed by atoms with van der Waals surface area (Å²) in [4.78, 5) is 13.9. The van der Waals surface area contributed by atoms with Gasteiger partial charge in [0.25, 0.3) is 0 Å². The van der Waals surface area contributed by atoms with E-state index < -0.39 is 0 Å². The zero-order valence-electron chi connectivity index (χ0n) is 21.0. The van der Waals surface area contributed by atoms with E-state index in [4.69, 9.17) is 29.3 Å². The fourth-order valence-electron chi connectivity index (χ4n) is 4.30. The van der Waals surface area contributed by atoms with Gasteiger partial charge in [-0.3, -0.25) is 0 Å². The SMILES string of the molecule is Cc1cccc(-c2cc(CN(C)C)n(-c3cc(N4CCOCC4)nc(OCC4(C)COC4)n3)n2)c1. The van der Waals surface area contributed by atoms with Crippen LogP contribution in [0.1, 0.15) is 18.2 Å². The Morgan fingerprint density at radius 3 is 2.49 bits per heavy atom. The molecule has 0 aliphatic carbocycles. The Kier molecular flexibility index (Phi) is 6.73. The predicted molar refractivity (Wildman–Crippen MR) is 134 cm³/mol. The van der Waals surface area contributed by atoms with Gasteiger partial charge in [-0.1, -0.05) is 30.7 Å². The van der Waals surface area contributed by atoms with Crippen molar-refractivity contribution >= 4 is 5.82 Å². The maximum atomic E-state index is 6.12. The monoisotopic (exact) mass is 478 g/mol. The van der Waals surface area contributed by atoms with Crippen LogP contribution in [0.4, 0.5) is 5.82 Å². The number of aromatic nitrogens is 4. The van der Waals surface area contributed by atoms with Gasteiger partial charge in [-0.15, -0.1) is 0 Å². The number of rotatable bonds is 8. The van der Waals surface area contributed by atoms with E-state index >= 15 is 0 Å². The number of anilines is 1. The van der Waals surface area contributed by atoms with Crippen LogP contribution >= 0.6 is 0 Å². The highest BCUT2D eigenvalue weighted by Gasteiger charge is 2.34. The second-order valence-corrected chi connectivity index (χ2v) is 10.1. The average molecular weight is 479 g/mol. The molecule has 9 heteroatoms. The van der Waals surface area contributed by atoms with Gasteiger partial charge in [-0.2, -0.15) is 15.1 Å². The third-order valence-corrected chi connectivity index (χ3v) is 6.26. The molecule has 0 bridgehead atoms. The largest absolute Gasteiger partial charge is 0.463 e. The molecule has 5 rings (SSSR count). The molecule has 186 valence electrons. The first-order chi connectivity index (χ1) is 16.9. The zero-order valence-corrected chi connectivity index (χ0v) is 21.0. The van der Waals surface area contributed by atoms with Crippen molar-refractivity contribution in [1.29, 1.82) is 0 Å². The summed E-state index contributed by atoms with van der Waals surface area (Å²) in [6.45, 7) is 9.77. The van der Waals surface area contributed by atoms with E-state index in [1.807, 2.05) is 10.7 Å². The predicted octanol–water partition coefficient (Wildman–Crippen LogP) is 2.95. The number of morpholine rings is 1. The second-order valence-electron chi connectivity index (χ2n) is 10.1. The first kappa shape index (κ1) is 23.7. The summed E-state index contributed by atoms with van der Waals surface area (Å²) < 4.78 is 19.0. The van der Waals surface area contributed by atoms with E-state index in [0.29, 0.717) is 44.9 Å². The van der Waals surface area contributed by atoms with Crippen LogP contribution < -0.4 is 9.64 Å². The molecule has 0 spiro atoms. The van der Waals surface area contributed by atoms with Crippen molar-refractivity contribution < 1.29 is 14.2 Å². The summed E-state index contributed by atoms with van der Waals surface area (Å²) >= 11 is 0. The zero-order chi connectivity index (χ0) is 24.4. The van der Waals surface area contributed by atoms with E-state index in [0.717, 1.165) is 42.4 Å². The number of aryl methyl sites for hydroxylation is 1. The molecule has 0 amide bonds. The Bertz CT molecular complexity index is 1170. The lowest BCUT2D eigenvalue weighted by Crippen LogP contribution is -2.44. The van der Waals surface area contributed by atoms with Gasteiger partial charge in [0.1, 0.15) is 12.4 Å². The Balaban J connectivity index is 1.55. The first-order valence-electron chi connectivity index (χ1n) is 12.1. The van der Waals surface area contributed by atoms with E-state index in [2.05, 4.69) is 68.1 Å². The van der Waals surface area contributed by atoms with Gasteiger partial charge in [0.05, 0.1) is 37.8 Å². The van der Waals surface area contributed by atoms with Crippen molar-refractivity contribution in [1.82, 2.24) is 24.6 Å². The smallest absolute Gasteiger partial charge is 0.320 e. The molecule has 0 saturated carbocycles. The molecule has 2 fully saturated rings. The lowest BCUT2D eigenvalue weighted by Gasteiger charge is -2.37. The summed E-state index contributed by atoms with van der Waals surface area (Å²) in [5.74, 6) is 1.52. The van der Waals surface area contributed by atoms with Gasteiger partial charge in [-0.05, 0) is 33.2 Å². The molecule has 0 unspecified atom stereocenters. The maximum absolute atomic E-state index is 6.12. The molecule has 35 heavy (non-hydrogen) atoms. The van der Waals surface area contributed by atoms with Crippen LogP contribution in [-0.2, 0) is 16.0 Å². The molecule has 2 aliphatic rings. The highest BCUT2D eigenvalue weighted by atomic mass is 16.5. The van der Waals surface area contributed by atoms with Crippen LogP contribution in [0.25, 0.3) is 17.1 Å². The fourth-order valence-corrected chi connectivity index (χ4v) is 4.30. The van der Waals surface area contributed by atoms with Crippen LogP contribution in [0.2, 0.25) is 0 Å². The van der Waals surface area contributed by atoms with E-state index in [9.17, 15) is 0 Å². The highest BCUT2D eigenvalue weighted by Crippen LogP contribution is 2.29. The lowest BCUT2D eigenvalue weighted by molar-refractivity contribution is -0.121. The first-order valence-corrected chi connectivity index (χ1v) is 12.1. The van der Waals surface area contributed by atoms with Crippen LogP contribution in [0, 0.1) is 12.3 Å². The van der Waals surface area contributed by atoms with Crippen molar-refractivity contribution in [2.24, 2.45) is 5.41 Å². The standard InChI is InChI=1S/C26H34N6O3/c1-19-6-5-7-20(12-19)22-13-21(15-30(3)4)32(29-22)24-14-23(31-8-10-33-11-9-31)27-25(28-24)35-18-26(2)16-34-17-26/h5-7,12-14H,8-11,15-18H2,1-4H3. The molecule has 2 aromatic heterocycles. The average Bonchev–Trinajstić information content (AvgIpc) is 3.25. The third-order valence-electron chi connectivity index (χ3n) is 6.26. The summed E-state index contributed by atoms with van der Waals surface area (Å²) in [6, 6.07) is 12.9. The summed E-state index contributed by atoms with van der Waals surface area (Å²) in [6.07, 6.45) is 0. The molecule has 0 N–H and O–H groups in total. The number of nitrogens with zero attached hydrogens (tertiary/aromatic N) is 6. The highest BCUT2D eigenvalue weighted by molar-refractivity contribution is 5.61. The Morgan fingerprint density at radius 1 is 1.03 bits per heavy atom. The Labute approximate surface area is 206 Å². The van der Waals surface area contributed by atoms with Crippen LogP contribution in [0.15, 0.2) is 36.4 Å². The Morgan fingerprint density at radius 2 is 1.80 bits per heavy atom. The van der Waals surface area contributed by atoms with Crippen molar-refractivity contribution in [2.45, 2.75) is 20.4 Å². The molecule has 4 heterocycles. The van der Waals surface area contributed by atoms with Gasteiger partial charge in [-0.25, -0.2) is 4.68 Å². The number of benzene rings is 1. The van der Waals surface area contributed by atoms with E-state index in [1.54, 1.807) is 0 Å². The minimum Gasteiger partial charge on any atom is -0.463 e. The second kappa shape index (κ2) is 9.93. The van der Waals surface area contributed by atoms with Crippen molar-refractivity contribution in [2.75, 3.05) is 65.1 Å². The number of ether oxygens (including phenoxy) is 3. The molecule has 2 aliphatic heterocycles. The van der Waals surface area contributed by atoms with Gasteiger partial charge in [0.2, 0.25) is 0 Å². The molecule has 1 aromatic carbocycles. The molecular weight excluding hydrogens is 444 g/mol. The quantitative estimate of drug-likeness (QED) is 0.489. The maximum Gasteiger partial charge on any atom is 0.320 e. The number of hydrogen-bond donors (Lipinski definition) is 0. The summed E-state index contributed by atoms with van der Waals surface area (Å²) in [5.41, 5.74) is 4.24. The van der Waals surface area contributed by atoms with Crippen molar-refractivity contribution in [3.8, 4) is 23.1 Å². The van der Waals surface area contributed by atoms with Crippen LogP contribution in [-0.4, -0.2) is 84.9 Å². The van der Waals surface area contributed by atoms with Crippen molar-refractivity contribution in [3.63, 3.8) is 0 Å². The summed E-state index contributed by atoms with van der Waals surface area (Å²) in [7, 11) is 4.11. The molecule has 2 saturated heterocycles. The Hall–Kier alpha value is -3.01. The summed E-state index contributed by atoms with van der Waals surface area (Å²) in [5, 5.41) is 4.99. The molecule has 9 nitrogen and oxygen atoms in total. The van der Waals surface area contributed by atoms with Gasteiger partial charge in [0, 0.05) is 36.7 Å². The van der Waals surface area contributed by atoms with Crippen molar-refractivity contribution in [3.05, 3.63) is 47.7 Å². The topological polar surface area (TPSA) is 77.8 Å². The fraction of sp³-hybridized carbons (Fsp3) is 0.500. The molecule has 0 atom stereocenters. The van der Waals surface area contributed by atoms with E-state index in [1.165, 1.54) is 5.56 Å². The molecule has 3 aromatic rings.